The molecule has 0 heterocycles. The van der Waals surface area contributed by atoms with Gasteiger partial charge in [-0.15, -0.1) is 6.58 Å². The van der Waals surface area contributed by atoms with E-state index >= 15 is 0 Å². The van der Waals surface area contributed by atoms with Gasteiger partial charge in [0.1, 0.15) is 0 Å². The van der Waals surface area contributed by atoms with Gasteiger partial charge in [-0.3, -0.25) is 0 Å². The maximum Gasteiger partial charge on any atom is -0.0163 e. The molecule has 2 rings (SSSR count). The summed E-state index contributed by atoms with van der Waals surface area (Å²) in [5, 5.41) is 0. The molecule has 0 aromatic rings. The number of hydrogen-bond donors (Lipinski definition) is 0. The summed E-state index contributed by atoms with van der Waals surface area (Å²) in [6.07, 6.45) is 19.8. The fraction of sp³-hybridized carbons (Fsp3) is 0.385. The minimum atomic E-state index is 0.764. The lowest BCUT2D eigenvalue weighted by Crippen LogP contribution is -1.96. The Bertz CT molecular complexity index is 208. The summed E-state index contributed by atoms with van der Waals surface area (Å²) in [4.78, 5) is 0. The van der Waals surface area contributed by atoms with E-state index in [9.17, 15) is 0 Å². The van der Waals surface area contributed by atoms with E-state index in [2.05, 4.69) is 49.1 Å². The Morgan fingerprint density at radius 2 is 1.85 bits per heavy atom. The minimum Gasteiger partial charge on any atom is -0.103 e. The summed E-state index contributed by atoms with van der Waals surface area (Å²) in [6.45, 7) is 3.75. The van der Waals surface area contributed by atoms with Crippen LogP contribution in [0.25, 0.3) is 0 Å². The van der Waals surface area contributed by atoms with Gasteiger partial charge in [0, 0.05) is 0 Å². The van der Waals surface area contributed by atoms with Crippen LogP contribution in [0.1, 0.15) is 25.7 Å². The Balaban J connectivity index is 0.000000145. The molecule has 1 unspecified atom stereocenters. The monoisotopic (exact) mass is 174 g/mol. The Kier molecular flexibility index (Phi) is 5.00. The van der Waals surface area contributed by atoms with Crippen molar-refractivity contribution in [2.24, 2.45) is 5.92 Å². The number of rotatable bonds is 1. The van der Waals surface area contributed by atoms with Gasteiger partial charge in [-0.1, -0.05) is 42.5 Å². The second-order valence-corrected chi connectivity index (χ2v) is 3.37. The van der Waals surface area contributed by atoms with E-state index in [1.807, 2.05) is 0 Å². The van der Waals surface area contributed by atoms with Crippen LogP contribution in [0.3, 0.4) is 0 Å². The fourth-order valence-electron chi connectivity index (χ4n) is 1.42. The predicted molar refractivity (Wildman–Crippen MR) is 59.6 cm³/mol. The summed E-state index contributed by atoms with van der Waals surface area (Å²) in [6, 6.07) is 0. The van der Waals surface area contributed by atoms with Crippen molar-refractivity contribution in [1.29, 1.82) is 0 Å². The minimum absolute atomic E-state index is 0.764. The van der Waals surface area contributed by atoms with Gasteiger partial charge in [-0.05, 0) is 31.6 Å². The maximum absolute atomic E-state index is 3.75. The Morgan fingerprint density at radius 3 is 2.15 bits per heavy atom. The van der Waals surface area contributed by atoms with Gasteiger partial charge in [-0.25, -0.2) is 0 Å². The van der Waals surface area contributed by atoms with Gasteiger partial charge in [-0.2, -0.15) is 0 Å². The largest absolute Gasteiger partial charge is 0.103 e. The van der Waals surface area contributed by atoms with E-state index in [0.29, 0.717) is 0 Å². The smallest absolute Gasteiger partial charge is 0.0163 e. The zero-order chi connectivity index (χ0) is 9.36. The van der Waals surface area contributed by atoms with Gasteiger partial charge in [0.2, 0.25) is 0 Å². The van der Waals surface area contributed by atoms with E-state index < -0.39 is 0 Å². The Hall–Kier alpha value is -1.04. The van der Waals surface area contributed by atoms with Crippen LogP contribution in [0.15, 0.2) is 49.1 Å². The van der Waals surface area contributed by atoms with Crippen molar-refractivity contribution in [1.82, 2.24) is 0 Å². The molecule has 0 radical (unpaired) electrons. The van der Waals surface area contributed by atoms with Gasteiger partial charge < -0.3 is 0 Å². The van der Waals surface area contributed by atoms with E-state index in [0.717, 1.165) is 12.3 Å². The zero-order valence-electron chi connectivity index (χ0n) is 8.15. The predicted octanol–water partition coefficient (Wildman–Crippen LogP) is 4.03. The Labute approximate surface area is 81.4 Å². The molecular weight excluding hydrogens is 156 g/mol. The van der Waals surface area contributed by atoms with Crippen molar-refractivity contribution in [3.05, 3.63) is 49.1 Å². The molecule has 0 fully saturated rings. The zero-order valence-corrected chi connectivity index (χ0v) is 8.15. The maximum atomic E-state index is 3.75. The summed E-state index contributed by atoms with van der Waals surface area (Å²) < 4.78 is 0. The van der Waals surface area contributed by atoms with Crippen molar-refractivity contribution in [2.45, 2.75) is 25.7 Å². The molecule has 2 aliphatic rings. The van der Waals surface area contributed by atoms with Gasteiger partial charge in [0.25, 0.3) is 0 Å². The molecule has 13 heavy (non-hydrogen) atoms. The van der Waals surface area contributed by atoms with Crippen molar-refractivity contribution in [3.63, 3.8) is 0 Å². The highest BCUT2D eigenvalue weighted by molar-refractivity contribution is 5.12. The highest BCUT2D eigenvalue weighted by Crippen LogP contribution is 2.17. The van der Waals surface area contributed by atoms with Crippen LogP contribution in [-0.2, 0) is 0 Å². The molecule has 0 bridgehead atoms. The summed E-state index contributed by atoms with van der Waals surface area (Å²) in [5.74, 6) is 0.764. The summed E-state index contributed by atoms with van der Waals surface area (Å²) >= 11 is 0. The van der Waals surface area contributed by atoms with Crippen LogP contribution in [0, 0.1) is 5.92 Å². The first kappa shape index (κ1) is 10.0. The first-order valence-corrected chi connectivity index (χ1v) is 5.02. The molecule has 0 aliphatic heterocycles. The van der Waals surface area contributed by atoms with E-state index in [-0.39, 0.29) is 0 Å². The lowest BCUT2D eigenvalue weighted by Gasteiger charge is -2.11. The second kappa shape index (κ2) is 6.47. The van der Waals surface area contributed by atoms with E-state index in [1.54, 1.807) is 0 Å². The molecule has 0 aromatic heterocycles. The fourth-order valence-corrected chi connectivity index (χ4v) is 1.42. The van der Waals surface area contributed by atoms with Crippen molar-refractivity contribution >= 4 is 0 Å². The molecule has 1 atom stereocenters. The summed E-state index contributed by atoms with van der Waals surface area (Å²) in [5.41, 5.74) is 0. The van der Waals surface area contributed by atoms with Crippen LogP contribution >= 0.6 is 0 Å². The lowest BCUT2D eigenvalue weighted by atomic mass is 9.95. The van der Waals surface area contributed by atoms with Gasteiger partial charge in [0.05, 0.1) is 0 Å². The van der Waals surface area contributed by atoms with Crippen molar-refractivity contribution < 1.29 is 0 Å². The highest BCUT2D eigenvalue weighted by atomic mass is 14.1. The van der Waals surface area contributed by atoms with E-state index in [4.69, 9.17) is 0 Å². The number of allylic oxidation sites excluding steroid dienone is 7. The molecular formula is C13H18. The molecule has 0 spiro atoms. The number of hydrogen-bond acceptors (Lipinski definition) is 0. The van der Waals surface area contributed by atoms with Gasteiger partial charge in [0.15, 0.2) is 0 Å². The van der Waals surface area contributed by atoms with Crippen LogP contribution in [0.4, 0.5) is 0 Å². The van der Waals surface area contributed by atoms with Crippen molar-refractivity contribution in [3.8, 4) is 0 Å². The molecule has 0 nitrogen and oxygen atoms in total. The molecule has 0 saturated heterocycles. The first-order valence-electron chi connectivity index (χ1n) is 5.02. The Morgan fingerprint density at radius 1 is 1.08 bits per heavy atom. The molecule has 0 heteroatoms. The lowest BCUT2D eigenvalue weighted by molar-refractivity contribution is 0.585. The van der Waals surface area contributed by atoms with Gasteiger partial charge >= 0.3 is 0 Å². The quantitative estimate of drug-likeness (QED) is 0.526. The third kappa shape index (κ3) is 4.51. The molecule has 2 aliphatic carbocycles. The van der Waals surface area contributed by atoms with Crippen LogP contribution < -0.4 is 0 Å². The third-order valence-corrected chi connectivity index (χ3v) is 2.30. The molecule has 70 valence electrons. The molecule has 0 amide bonds. The molecule has 0 saturated carbocycles. The highest BCUT2D eigenvalue weighted by Gasteiger charge is 2.02. The third-order valence-electron chi connectivity index (χ3n) is 2.30. The normalized spacial score (nSPS) is 23.8. The van der Waals surface area contributed by atoms with Crippen molar-refractivity contribution in [2.75, 3.05) is 0 Å². The topological polar surface area (TPSA) is 0 Å². The average molecular weight is 174 g/mol. The molecule has 0 N–H and O–H groups in total. The van der Waals surface area contributed by atoms with Crippen LogP contribution in [0.5, 0.6) is 0 Å². The average Bonchev–Trinajstić information content (AvgIpc) is 2.77. The van der Waals surface area contributed by atoms with Crippen LogP contribution in [-0.4, -0.2) is 0 Å². The van der Waals surface area contributed by atoms with E-state index in [1.165, 1.54) is 19.3 Å². The molecule has 0 aromatic carbocycles. The summed E-state index contributed by atoms with van der Waals surface area (Å²) in [7, 11) is 0. The second-order valence-electron chi connectivity index (χ2n) is 3.37. The first-order chi connectivity index (χ1) is 6.43. The standard InChI is InChI=1S/C8H12.C5H6/c1-2-8-6-4-3-5-7-8;1-2-4-5-3-1/h2-4,8H,1,5-7H2;1-4H,5H2. The van der Waals surface area contributed by atoms with Crippen LogP contribution in [0.2, 0.25) is 0 Å². The SMILES string of the molecule is C1=CCC=C1.C=CC1CC=CCC1.